The first-order valence-electron chi connectivity index (χ1n) is 7.03. The molecule has 2 rings (SSSR count). The molecule has 2 aromatic carbocycles. The number of hydrogen-bond donors (Lipinski definition) is 2. The second-order valence-electron chi connectivity index (χ2n) is 4.70. The van der Waals surface area contributed by atoms with E-state index in [0.29, 0.717) is 23.6 Å². The van der Waals surface area contributed by atoms with Crippen LogP contribution in [0.25, 0.3) is 0 Å². The summed E-state index contributed by atoms with van der Waals surface area (Å²) in [5.74, 6) is 0.427. The number of anilines is 1. The van der Waals surface area contributed by atoms with E-state index in [1.54, 1.807) is 36.4 Å². The van der Waals surface area contributed by atoms with Crippen molar-refractivity contribution in [3.63, 3.8) is 0 Å². The van der Waals surface area contributed by atoms with Crippen molar-refractivity contribution in [2.45, 2.75) is 19.8 Å². The van der Waals surface area contributed by atoms with Crippen LogP contribution < -0.4 is 10.1 Å². The van der Waals surface area contributed by atoms with Gasteiger partial charge in [-0.05, 0) is 30.7 Å². The van der Waals surface area contributed by atoms with Crippen molar-refractivity contribution < 1.29 is 14.6 Å². The Morgan fingerprint density at radius 3 is 2.76 bits per heavy atom. The van der Waals surface area contributed by atoms with E-state index in [9.17, 15) is 9.90 Å². The van der Waals surface area contributed by atoms with Crippen molar-refractivity contribution in [1.82, 2.24) is 0 Å². The van der Waals surface area contributed by atoms with Crippen molar-refractivity contribution in [3.8, 4) is 11.5 Å². The Hall–Kier alpha value is -2.49. The average molecular weight is 285 g/mol. The number of unbranched alkanes of at least 4 members (excludes halogenated alkanes) is 1. The smallest absolute Gasteiger partial charge is 0.259 e. The van der Waals surface area contributed by atoms with Crippen molar-refractivity contribution in [2.24, 2.45) is 0 Å². The highest BCUT2D eigenvalue weighted by atomic mass is 16.5. The van der Waals surface area contributed by atoms with E-state index in [1.807, 2.05) is 6.07 Å². The highest BCUT2D eigenvalue weighted by Gasteiger charge is 2.12. The van der Waals surface area contributed by atoms with Crippen LogP contribution in [0, 0.1) is 0 Å². The lowest BCUT2D eigenvalue weighted by Gasteiger charge is -2.11. The molecule has 0 aliphatic rings. The number of amides is 1. The van der Waals surface area contributed by atoms with Gasteiger partial charge in [0.2, 0.25) is 0 Å². The number of carbonyl (C=O) groups is 1. The van der Waals surface area contributed by atoms with E-state index in [1.165, 1.54) is 6.07 Å². The minimum Gasteiger partial charge on any atom is -0.508 e. The van der Waals surface area contributed by atoms with Crippen molar-refractivity contribution in [1.29, 1.82) is 0 Å². The summed E-state index contributed by atoms with van der Waals surface area (Å²) in [6, 6.07) is 13.6. The Bertz CT molecular complexity index is 610. The number of hydrogen-bond acceptors (Lipinski definition) is 3. The molecule has 0 aliphatic carbocycles. The van der Waals surface area contributed by atoms with E-state index < -0.39 is 0 Å². The van der Waals surface area contributed by atoms with Crippen molar-refractivity contribution >= 4 is 11.6 Å². The molecule has 0 atom stereocenters. The topological polar surface area (TPSA) is 58.6 Å². The maximum atomic E-state index is 12.3. The summed E-state index contributed by atoms with van der Waals surface area (Å²) in [6.45, 7) is 2.68. The molecule has 4 nitrogen and oxygen atoms in total. The third kappa shape index (κ3) is 4.24. The Kier molecular flexibility index (Phi) is 5.21. The predicted octanol–water partition coefficient (Wildman–Crippen LogP) is 3.82. The summed E-state index contributed by atoms with van der Waals surface area (Å²) >= 11 is 0. The molecule has 110 valence electrons. The summed E-state index contributed by atoms with van der Waals surface area (Å²) < 4.78 is 5.65. The molecule has 21 heavy (non-hydrogen) atoms. The largest absolute Gasteiger partial charge is 0.508 e. The van der Waals surface area contributed by atoms with Gasteiger partial charge in [0.25, 0.3) is 5.91 Å². The van der Waals surface area contributed by atoms with Crippen LogP contribution in [0.5, 0.6) is 11.5 Å². The number of phenols is 1. The lowest BCUT2D eigenvalue weighted by atomic mass is 10.2. The quantitative estimate of drug-likeness (QED) is 0.793. The lowest BCUT2D eigenvalue weighted by Crippen LogP contribution is -2.13. The van der Waals surface area contributed by atoms with Crippen LogP contribution >= 0.6 is 0 Å². The van der Waals surface area contributed by atoms with Crippen molar-refractivity contribution in [2.75, 3.05) is 11.9 Å². The number of nitrogens with one attached hydrogen (secondary N) is 1. The molecule has 0 aliphatic heterocycles. The molecule has 0 spiro atoms. The zero-order valence-electron chi connectivity index (χ0n) is 12.0. The lowest BCUT2D eigenvalue weighted by molar-refractivity contribution is 0.102. The van der Waals surface area contributed by atoms with Gasteiger partial charge >= 0.3 is 0 Å². The van der Waals surface area contributed by atoms with Crippen molar-refractivity contribution in [3.05, 3.63) is 54.1 Å². The van der Waals surface area contributed by atoms with E-state index in [2.05, 4.69) is 12.2 Å². The van der Waals surface area contributed by atoms with Crippen LogP contribution in [0.4, 0.5) is 5.69 Å². The summed E-state index contributed by atoms with van der Waals surface area (Å²) in [6.07, 6.45) is 1.99. The van der Waals surface area contributed by atoms with E-state index in [0.717, 1.165) is 12.8 Å². The fourth-order valence-electron chi connectivity index (χ4n) is 1.89. The van der Waals surface area contributed by atoms with Crippen LogP contribution in [-0.2, 0) is 0 Å². The molecule has 1 amide bonds. The SMILES string of the molecule is CCCCOc1ccccc1C(=O)Nc1cccc(O)c1. The molecule has 2 aromatic rings. The normalized spacial score (nSPS) is 10.1. The van der Waals surface area contributed by atoms with E-state index >= 15 is 0 Å². The van der Waals surface area contributed by atoms with Gasteiger partial charge in [-0.2, -0.15) is 0 Å². The highest BCUT2D eigenvalue weighted by molar-refractivity contribution is 6.06. The molecule has 0 bridgehead atoms. The first-order chi connectivity index (χ1) is 10.2. The molecular weight excluding hydrogens is 266 g/mol. The third-order valence-electron chi connectivity index (χ3n) is 2.99. The number of para-hydroxylation sites is 1. The second kappa shape index (κ2) is 7.33. The molecule has 0 aromatic heterocycles. The molecular formula is C17H19NO3. The number of carbonyl (C=O) groups excluding carboxylic acids is 1. The Morgan fingerprint density at radius 1 is 1.19 bits per heavy atom. The summed E-state index contributed by atoms with van der Waals surface area (Å²) in [5, 5.41) is 12.2. The fraction of sp³-hybridized carbons (Fsp3) is 0.235. The third-order valence-corrected chi connectivity index (χ3v) is 2.99. The molecule has 2 N–H and O–H groups in total. The first kappa shape index (κ1) is 14.9. The van der Waals surface area contributed by atoms with Crippen LogP contribution in [0.1, 0.15) is 30.1 Å². The zero-order valence-corrected chi connectivity index (χ0v) is 12.0. The maximum Gasteiger partial charge on any atom is 0.259 e. The van der Waals surface area contributed by atoms with Gasteiger partial charge in [-0.15, -0.1) is 0 Å². The summed E-state index contributed by atoms with van der Waals surface area (Å²) in [7, 11) is 0. The number of ether oxygens (including phenoxy) is 1. The second-order valence-corrected chi connectivity index (χ2v) is 4.70. The summed E-state index contributed by atoms with van der Waals surface area (Å²) in [4.78, 5) is 12.3. The number of benzene rings is 2. The fourth-order valence-corrected chi connectivity index (χ4v) is 1.89. The van der Waals surface area contributed by atoms with Crippen LogP contribution in [0.3, 0.4) is 0 Å². The molecule has 4 heteroatoms. The van der Waals surface area contributed by atoms with Crippen LogP contribution in [-0.4, -0.2) is 17.6 Å². The first-order valence-corrected chi connectivity index (χ1v) is 7.03. The number of rotatable bonds is 6. The minimum atomic E-state index is -0.257. The standard InChI is InChI=1S/C17H19NO3/c1-2-3-11-21-16-10-5-4-9-15(16)17(20)18-13-7-6-8-14(19)12-13/h4-10,12,19H,2-3,11H2,1H3,(H,18,20). The number of phenolic OH excluding ortho intramolecular Hbond substituents is 1. The molecule has 0 saturated carbocycles. The average Bonchev–Trinajstić information content (AvgIpc) is 2.48. The highest BCUT2D eigenvalue weighted by Crippen LogP contribution is 2.21. The van der Waals surface area contributed by atoms with E-state index in [4.69, 9.17) is 4.74 Å². The van der Waals surface area contributed by atoms with Gasteiger partial charge in [-0.1, -0.05) is 31.5 Å². The molecule has 0 unspecified atom stereocenters. The number of aromatic hydroxyl groups is 1. The maximum absolute atomic E-state index is 12.3. The van der Waals surface area contributed by atoms with Gasteiger partial charge in [0.1, 0.15) is 11.5 Å². The van der Waals surface area contributed by atoms with Gasteiger partial charge < -0.3 is 15.2 Å². The Labute approximate surface area is 124 Å². The predicted molar refractivity (Wildman–Crippen MR) is 82.9 cm³/mol. The van der Waals surface area contributed by atoms with Crippen LogP contribution in [0.15, 0.2) is 48.5 Å². The molecule has 0 radical (unpaired) electrons. The van der Waals surface area contributed by atoms with Crippen LogP contribution in [0.2, 0.25) is 0 Å². The van der Waals surface area contributed by atoms with Gasteiger partial charge in [0, 0.05) is 11.8 Å². The molecule has 0 fully saturated rings. The Morgan fingerprint density at radius 2 is 2.00 bits per heavy atom. The van der Waals surface area contributed by atoms with Gasteiger partial charge in [-0.25, -0.2) is 0 Å². The zero-order chi connectivity index (χ0) is 15.1. The molecule has 0 saturated heterocycles. The monoisotopic (exact) mass is 285 g/mol. The van der Waals surface area contributed by atoms with E-state index in [-0.39, 0.29) is 11.7 Å². The van der Waals surface area contributed by atoms with Gasteiger partial charge in [-0.3, -0.25) is 4.79 Å². The minimum absolute atomic E-state index is 0.111. The van der Waals surface area contributed by atoms with Gasteiger partial charge in [0.15, 0.2) is 0 Å². The van der Waals surface area contributed by atoms with Gasteiger partial charge in [0.05, 0.1) is 12.2 Å². The summed E-state index contributed by atoms with van der Waals surface area (Å²) in [5.41, 5.74) is 1.03. The Balaban J connectivity index is 2.11. The molecule has 0 heterocycles.